The Hall–Kier alpha value is -0.220. The standard InChI is InChI=1S/C13H25N3S/c1-13(2,9-16(3)4)8-15-12-14-7-11(17-12)10-5-6-10/h10-11H,5-9H2,1-4H3,(H,14,15). The lowest BCUT2D eigenvalue weighted by Crippen LogP contribution is -2.39. The maximum Gasteiger partial charge on any atom is 0.156 e. The molecule has 98 valence electrons. The molecule has 0 bridgehead atoms. The van der Waals surface area contributed by atoms with Crippen molar-refractivity contribution in [2.75, 3.05) is 33.7 Å². The average Bonchev–Trinajstić information content (AvgIpc) is 2.94. The van der Waals surface area contributed by atoms with Crippen molar-refractivity contribution in [2.24, 2.45) is 16.3 Å². The minimum atomic E-state index is 0.296. The Morgan fingerprint density at radius 3 is 2.71 bits per heavy atom. The highest BCUT2D eigenvalue weighted by Crippen LogP contribution is 2.41. The monoisotopic (exact) mass is 255 g/mol. The van der Waals surface area contributed by atoms with Gasteiger partial charge in [-0.05, 0) is 38.3 Å². The van der Waals surface area contributed by atoms with E-state index in [9.17, 15) is 0 Å². The van der Waals surface area contributed by atoms with E-state index >= 15 is 0 Å². The third-order valence-corrected chi connectivity index (χ3v) is 4.62. The number of nitrogens with one attached hydrogen (secondary N) is 1. The fraction of sp³-hybridized carbons (Fsp3) is 0.923. The predicted molar refractivity (Wildman–Crippen MR) is 76.7 cm³/mol. The number of aliphatic imine (C=N–C) groups is 1. The van der Waals surface area contributed by atoms with Crippen molar-refractivity contribution in [1.29, 1.82) is 0 Å². The number of thioether (sulfide) groups is 1. The topological polar surface area (TPSA) is 27.6 Å². The van der Waals surface area contributed by atoms with Gasteiger partial charge < -0.3 is 10.2 Å². The van der Waals surface area contributed by atoms with Crippen LogP contribution in [0.3, 0.4) is 0 Å². The van der Waals surface area contributed by atoms with E-state index in [0.717, 1.165) is 30.8 Å². The van der Waals surface area contributed by atoms with Crippen LogP contribution < -0.4 is 5.32 Å². The Labute approximate surface area is 109 Å². The summed E-state index contributed by atoms with van der Waals surface area (Å²) in [7, 11) is 4.26. The zero-order chi connectivity index (χ0) is 12.5. The molecule has 0 aromatic heterocycles. The zero-order valence-corrected chi connectivity index (χ0v) is 12.3. The van der Waals surface area contributed by atoms with Crippen molar-refractivity contribution in [3.05, 3.63) is 0 Å². The van der Waals surface area contributed by atoms with Crippen LogP contribution >= 0.6 is 11.8 Å². The predicted octanol–water partition coefficient (Wildman–Crippen LogP) is 2.05. The summed E-state index contributed by atoms with van der Waals surface area (Å²) < 4.78 is 0. The number of hydrogen-bond donors (Lipinski definition) is 1. The fourth-order valence-electron chi connectivity index (χ4n) is 2.43. The normalized spacial score (nSPS) is 25.2. The second kappa shape index (κ2) is 5.19. The molecule has 1 heterocycles. The average molecular weight is 255 g/mol. The summed E-state index contributed by atoms with van der Waals surface area (Å²) in [6, 6.07) is 0. The SMILES string of the molecule is CN(C)CC(C)(C)CNC1=NCC(C2CC2)S1. The highest BCUT2D eigenvalue weighted by molar-refractivity contribution is 8.14. The van der Waals surface area contributed by atoms with Gasteiger partial charge in [-0.3, -0.25) is 4.99 Å². The highest BCUT2D eigenvalue weighted by Gasteiger charge is 2.35. The Bertz CT molecular complexity index is 295. The van der Waals surface area contributed by atoms with Crippen LogP contribution in [0.15, 0.2) is 4.99 Å². The molecule has 3 nitrogen and oxygen atoms in total. The van der Waals surface area contributed by atoms with Crippen molar-refractivity contribution in [3.8, 4) is 0 Å². The lowest BCUT2D eigenvalue weighted by Gasteiger charge is -2.28. The van der Waals surface area contributed by atoms with Crippen LogP contribution in [-0.4, -0.2) is 49.0 Å². The number of nitrogens with zero attached hydrogens (tertiary/aromatic N) is 2. The van der Waals surface area contributed by atoms with Gasteiger partial charge in [-0.15, -0.1) is 0 Å². The fourth-order valence-corrected chi connectivity index (χ4v) is 3.63. The van der Waals surface area contributed by atoms with Crippen molar-refractivity contribution < 1.29 is 0 Å². The zero-order valence-electron chi connectivity index (χ0n) is 11.5. The van der Waals surface area contributed by atoms with Crippen LogP contribution in [0.1, 0.15) is 26.7 Å². The van der Waals surface area contributed by atoms with Gasteiger partial charge in [-0.1, -0.05) is 25.6 Å². The Morgan fingerprint density at radius 2 is 2.12 bits per heavy atom. The van der Waals surface area contributed by atoms with E-state index in [1.807, 2.05) is 11.8 Å². The van der Waals surface area contributed by atoms with Gasteiger partial charge in [0.1, 0.15) is 0 Å². The van der Waals surface area contributed by atoms with E-state index in [-0.39, 0.29) is 0 Å². The van der Waals surface area contributed by atoms with E-state index in [4.69, 9.17) is 0 Å². The smallest absolute Gasteiger partial charge is 0.156 e. The van der Waals surface area contributed by atoms with Gasteiger partial charge in [0.2, 0.25) is 0 Å². The highest BCUT2D eigenvalue weighted by atomic mass is 32.2. The summed E-state index contributed by atoms with van der Waals surface area (Å²) >= 11 is 1.97. The summed E-state index contributed by atoms with van der Waals surface area (Å²) in [6.07, 6.45) is 2.85. The minimum absolute atomic E-state index is 0.296. The van der Waals surface area contributed by atoms with Crippen LogP contribution in [0.5, 0.6) is 0 Å². The Kier molecular flexibility index (Phi) is 4.03. The van der Waals surface area contributed by atoms with Gasteiger partial charge >= 0.3 is 0 Å². The molecular formula is C13H25N3S. The van der Waals surface area contributed by atoms with Gasteiger partial charge in [0.15, 0.2) is 5.17 Å². The minimum Gasteiger partial charge on any atom is -0.364 e. The third kappa shape index (κ3) is 4.18. The van der Waals surface area contributed by atoms with Crippen molar-refractivity contribution in [2.45, 2.75) is 31.9 Å². The number of rotatable bonds is 5. The molecule has 0 saturated heterocycles. The van der Waals surface area contributed by atoms with Gasteiger partial charge in [-0.25, -0.2) is 0 Å². The Balaban J connectivity index is 1.71. The molecule has 4 heteroatoms. The molecular weight excluding hydrogens is 230 g/mol. The second-order valence-electron chi connectivity index (χ2n) is 6.40. The van der Waals surface area contributed by atoms with E-state index in [1.165, 1.54) is 18.0 Å². The van der Waals surface area contributed by atoms with Crippen molar-refractivity contribution >= 4 is 16.9 Å². The molecule has 0 spiro atoms. The molecule has 17 heavy (non-hydrogen) atoms. The molecule has 1 N–H and O–H groups in total. The molecule has 1 saturated carbocycles. The van der Waals surface area contributed by atoms with Crippen molar-refractivity contribution in [3.63, 3.8) is 0 Å². The van der Waals surface area contributed by atoms with Gasteiger partial charge in [0.05, 0.1) is 6.54 Å². The van der Waals surface area contributed by atoms with E-state index in [0.29, 0.717) is 5.41 Å². The van der Waals surface area contributed by atoms with Crippen LogP contribution in [0.4, 0.5) is 0 Å². The molecule has 1 aliphatic carbocycles. The quantitative estimate of drug-likeness (QED) is 0.815. The maximum absolute atomic E-state index is 4.62. The van der Waals surface area contributed by atoms with Crippen LogP contribution in [0.2, 0.25) is 0 Å². The molecule has 2 aliphatic rings. The van der Waals surface area contributed by atoms with Crippen LogP contribution in [0.25, 0.3) is 0 Å². The Morgan fingerprint density at radius 1 is 1.41 bits per heavy atom. The molecule has 0 aromatic rings. The molecule has 1 fully saturated rings. The molecule has 0 amide bonds. The van der Waals surface area contributed by atoms with Gasteiger partial charge in [-0.2, -0.15) is 0 Å². The largest absolute Gasteiger partial charge is 0.364 e. The lowest BCUT2D eigenvalue weighted by atomic mass is 9.93. The van der Waals surface area contributed by atoms with Crippen LogP contribution in [0, 0.1) is 11.3 Å². The van der Waals surface area contributed by atoms with Crippen LogP contribution in [-0.2, 0) is 0 Å². The molecule has 2 rings (SSSR count). The third-order valence-electron chi connectivity index (χ3n) is 3.29. The van der Waals surface area contributed by atoms with Gasteiger partial charge in [0, 0.05) is 18.3 Å². The summed E-state index contributed by atoms with van der Waals surface area (Å²) in [5, 5.41) is 5.47. The molecule has 1 unspecified atom stereocenters. The lowest BCUT2D eigenvalue weighted by molar-refractivity contribution is 0.242. The summed E-state index contributed by atoms with van der Waals surface area (Å²) in [6.45, 7) is 7.75. The van der Waals surface area contributed by atoms with Crippen molar-refractivity contribution in [1.82, 2.24) is 10.2 Å². The first-order valence-electron chi connectivity index (χ1n) is 6.56. The maximum atomic E-state index is 4.62. The van der Waals surface area contributed by atoms with E-state index in [2.05, 4.69) is 43.2 Å². The van der Waals surface area contributed by atoms with E-state index in [1.54, 1.807) is 0 Å². The second-order valence-corrected chi connectivity index (χ2v) is 7.62. The molecule has 1 aliphatic heterocycles. The van der Waals surface area contributed by atoms with E-state index < -0.39 is 0 Å². The molecule has 0 aromatic carbocycles. The van der Waals surface area contributed by atoms with Gasteiger partial charge in [0.25, 0.3) is 0 Å². The number of amidine groups is 1. The molecule has 0 radical (unpaired) electrons. The number of hydrogen-bond acceptors (Lipinski definition) is 4. The summed E-state index contributed by atoms with van der Waals surface area (Å²) in [5.41, 5.74) is 0.296. The first-order valence-corrected chi connectivity index (χ1v) is 7.44. The molecule has 1 atom stereocenters. The summed E-state index contributed by atoms with van der Waals surface area (Å²) in [4.78, 5) is 6.86. The first kappa shape index (κ1) is 13.2. The first-order chi connectivity index (χ1) is 7.96. The summed E-state index contributed by atoms with van der Waals surface area (Å²) in [5.74, 6) is 0.956.